The van der Waals surface area contributed by atoms with Gasteiger partial charge in [-0.2, -0.15) is 0 Å². The van der Waals surface area contributed by atoms with E-state index in [9.17, 15) is 8.42 Å². The Labute approximate surface area is 101 Å². The fourth-order valence-corrected chi connectivity index (χ4v) is 3.65. The first kappa shape index (κ1) is 12.6. The largest absolute Gasteiger partial charge is 0.446 e. The molecule has 1 aliphatic heterocycles. The predicted molar refractivity (Wildman–Crippen MR) is 62.4 cm³/mol. The summed E-state index contributed by atoms with van der Waals surface area (Å²) in [5, 5.41) is 8.75. The van der Waals surface area contributed by atoms with Gasteiger partial charge >= 0.3 is 0 Å². The molecule has 1 aromatic rings. The Morgan fingerprint density at radius 3 is 2.76 bits per heavy atom. The van der Waals surface area contributed by atoms with E-state index in [1.165, 1.54) is 0 Å². The fourth-order valence-electron chi connectivity index (χ4n) is 2.06. The number of aliphatic hydroxyl groups excluding tert-OH is 1. The number of hydrogen-bond acceptors (Lipinski definition) is 5. The number of sulfone groups is 1. The van der Waals surface area contributed by atoms with Crippen molar-refractivity contribution in [3.8, 4) is 0 Å². The van der Waals surface area contributed by atoms with Crippen LogP contribution in [0.15, 0.2) is 10.6 Å². The van der Waals surface area contributed by atoms with Crippen molar-refractivity contribution in [2.75, 3.05) is 18.1 Å². The summed E-state index contributed by atoms with van der Waals surface area (Å²) in [6, 6.07) is 0. The molecular formula is C11H17NO4S. The molecule has 1 aliphatic rings. The van der Waals surface area contributed by atoms with Crippen LogP contribution in [0.5, 0.6) is 0 Å². The van der Waals surface area contributed by atoms with Gasteiger partial charge in [0, 0.05) is 12.8 Å². The van der Waals surface area contributed by atoms with Gasteiger partial charge in [0.25, 0.3) is 0 Å². The molecule has 2 heterocycles. The molecule has 1 N–H and O–H groups in total. The van der Waals surface area contributed by atoms with Crippen LogP contribution in [0.3, 0.4) is 0 Å². The van der Waals surface area contributed by atoms with Crippen LogP contribution in [-0.4, -0.2) is 36.6 Å². The van der Waals surface area contributed by atoms with E-state index >= 15 is 0 Å². The van der Waals surface area contributed by atoms with Crippen molar-refractivity contribution in [3.63, 3.8) is 0 Å². The van der Waals surface area contributed by atoms with Crippen molar-refractivity contribution in [2.24, 2.45) is 5.92 Å². The molecule has 96 valence electrons. The SMILES string of the molecule is O=S1(=O)CCC(Cc2ncc(CCO)o2)CC1. The maximum Gasteiger partial charge on any atom is 0.194 e. The molecule has 0 amide bonds. The molecule has 0 saturated carbocycles. The smallest absolute Gasteiger partial charge is 0.194 e. The molecule has 6 heteroatoms. The second kappa shape index (κ2) is 5.18. The molecule has 1 saturated heterocycles. The minimum Gasteiger partial charge on any atom is -0.446 e. The van der Waals surface area contributed by atoms with E-state index in [1.807, 2.05) is 0 Å². The standard InChI is InChI=1S/C11H17NO4S/c13-4-1-10-8-12-11(16-10)7-9-2-5-17(14,15)6-3-9/h8-9,13H,1-7H2. The van der Waals surface area contributed by atoms with Crippen LogP contribution in [0.1, 0.15) is 24.5 Å². The molecule has 0 atom stereocenters. The molecule has 1 fully saturated rings. The average Bonchev–Trinajstić information content (AvgIpc) is 2.70. The van der Waals surface area contributed by atoms with Gasteiger partial charge in [0.15, 0.2) is 5.89 Å². The molecule has 0 radical (unpaired) electrons. The van der Waals surface area contributed by atoms with E-state index in [0.29, 0.717) is 43.3 Å². The Bertz CT molecular complexity index is 452. The maximum absolute atomic E-state index is 11.3. The monoisotopic (exact) mass is 259 g/mol. The molecule has 0 unspecified atom stereocenters. The molecular weight excluding hydrogens is 242 g/mol. The van der Waals surface area contributed by atoms with Crippen LogP contribution in [0.25, 0.3) is 0 Å². The molecule has 0 aromatic carbocycles. The summed E-state index contributed by atoms with van der Waals surface area (Å²) in [6.07, 6.45) is 4.19. The summed E-state index contributed by atoms with van der Waals surface area (Å²) in [4.78, 5) is 4.14. The summed E-state index contributed by atoms with van der Waals surface area (Å²) in [5.41, 5.74) is 0. The van der Waals surface area contributed by atoms with Gasteiger partial charge < -0.3 is 9.52 Å². The molecule has 5 nitrogen and oxygen atoms in total. The lowest BCUT2D eigenvalue weighted by Crippen LogP contribution is -2.24. The normalized spacial score (nSPS) is 20.5. The van der Waals surface area contributed by atoms with Gasteiger partial charge in [-0.3, -0.25) is 0 Å². The van der Waals surface area contributed by atoms with Gasteiger partial charge in [-0.15, -0.1) is 0 Å². The van der Waals surface area contributed by atoms with Crippen molar-refractivity contribution in [3.05, 3.63) is 17.8 Å². The summed E-state index contributed by atoms with van der Waals surface area (Å²) in [5.74, 6) is 2.24. The highest BCUT2D eigenvalue weighted by Gasteiger charge is 2.24. The zero-order valence-corrected chi connectivity index (χ0v) is 10.4. The zero-order valence-electron chi connectivity index (χ0n) is 9.63. The highest BCUT2D eigenvalue weighted by atomic mass is 32.2. The van der Waals surface area contributed by atoms with Gasteiger partial charge in [0.05, 0.1) is 24.3 Å². The highest BCUT2D eigenvalue weighted by molar-refractivity contribution is 7.91. The summed E-state index contributed by atoms with van der Waals surface area (Å²) < 4.78 is 28.0. The van der Waals surface area contributed by atoms with Crippen molar-refractivity contribution in [2.45, 2.75) is 25.7 Å². The van der Waals surface area contributed by atoms with Crippen LogP contribution < -0.4 is 0 Å². The second-order valence-electron chi connectivity index (χ2n) is 4.49. The van der Waals surface area contributed by atoms with Crippen molar-refractivity contribution >= 4 is 9.84 Å². The third-order valence-electron chi connectivity index (χ3n) is 3.10. The molecule has 0 spiro atoms. The third-order valence-corrected chi connectivity index (χ3v) is 4.81. The van der Waals surface area contributed by atoms with E-state index in [-0.39, 0.29) is 18.1 Å². The lowest BCUT2D eigenvalue weighted by molar-refractivity contribution is 0.284. The number of hydrogen-bond donors (Lipinski definition) is 1. The molecule has 2 rings (SSSR count). The third kappa shape index (κ3) is 3.54. The second-order valence-corrected chi connectivity index (χ2v) is 6.80. The number of aromatic nitrogens is 1. The number of nitrogens with zero attached hydrogens (tertiary/aromatic N) is 1. The zero-order chi connectivity index (χ0) is 12.3. The van der Waals surface area contributed by atoms with E-state index in [0.717, 1.165) is 0 Å². The maximum atomic E-state index is 11.3. The van der Waals surface area contributed by atoms with Crippen molar-refractivity contribution in [1.29, 1.82) is 0 Å². The quantitative estimate of drug-likeness (QED) is 0.855. The highest BCUT2D eigenvalue weighted by Crippen LogP contribution is 2.22. The lowest BCUT2D eigenvalue weighted by atomic mass is 9.99. The number of oxazole rings is 1. The topological polar surface area (TPSA) is 80.4 Å². The van der Waals surface area contributed by atoms with Gasteiger partial charge in [0.2, 0.25) is 0 Å². The van der Waals surface area contributed by atoms with Crippen LogP contribution in [0.4, 0.5) is 0 Å². The molecule has 1 aromatic heterocycles. The molecule has 0 bridgehead atoms. The van der Waals surface area contributed by atoms with Gasteiger partial charge in [-0.1, -0.05) is 0 Å². The minimum absolute atomic E-state index is 0.0519. The fraction of sp³-hybridized carbons (Fsp3) is 0.727. The first-order valence-electron chi connectivity index (χ1n) is 5.84. The van der Waals surface area contributed by atoms with E-state index in [1.54, 1.807) is 6.20 Å². The van der Waals surface area contributed by atoms with E-state index < -0.39 is 9.84 Å². The van der Waals surface area contributed by atoms with Crippen LogP contribution in [0, 0.1) is 5.92 Å². The van der Waals surface area contributed by atoms with Gasteiger partial charge in [-0.05, 0) is 18.8 Å². The molecule has 0 aliphatic carbocycles. The number of aliphatic hydroxyl groups is 1. The van der Waals surface area contributed by atoms with Crippen LogP contribution in [-0.2, 0) is 22.7 Å². The first-order valence-corrected chi connectivity index (χ1v) is 7.66. The lowest BCUT2D eigenvalue weighted by Gasteiger charge is -2.20. The Morgan fingerprint density at radius 1 is 1.41 bits per heavy atom. The Kier molecular flexibility index (Phi) is 3.83. The van der Waals surface area contributed by atoms with E-state index in [2.05, 4.69) is 4.98 Å². The summed E-state index contributed by atoms with van der Waals surface area (Å²) in [7, 11) is -2.80. The summed E-state index contributed by atoms with van der Waals surface area (Å²) >= 11 is 0. The van der Waals surface area contributed by atoms with Crippen molar-refractivity contribution < 1.29 is 17.9 Å². The predicted octanol–water partition coefficient (Wildman–Crippen LogP) is 0.577. The first-order chi connectivity index (χ1) is 8.09. The average molecular weight is 259 g/mol. The van der Waals surface area contributed by atoms with E-state index in [4.69, 9.17) is 9.52 Å². The van der Waals surface area contributed by atoms with Crippen LogP contribution >= 0.6 is 0 Å². The Balaban J connectivity index is 1.88. The van der Waals surface area contributed by atoms with Gasteiger partial charge in [-0.25, -0.2) is 13.4 Å². The van der Waals surface area contributed by atoms with Gasteiger partial charge in [0.1, 0.15) is 15.6 Å². The van der Waals surface area contributed by atoms with Crippen molar-refractivity contribution in [1.82, 2.24) is 4.98 Å². The van der Waals surface area contributed by atoms with Crippen LogP contribution in [0.2, 0.25) is 0 Å². The molecule has 17 heavy (non-hydrogen) atoms. The summed E-state index contributed by atoms with van der Waals surface area (Å²) in [6.45, 7) is 0.0519. The minimum atomic E-state index is -2.80. The Hall–Kier alpha value is -0.880. The number of rotatable bonds is 4. The Morgan fingerprint density at radius 2 is 2.12 bits per heavy atom.